The van der Waals surface area contributed by atoms with Crippen molar-refractivity contribution in [3.8, 4) is 0 Å². The summed E-state index contributed by atoms with van der Waals surface area (Å²) in [5.74, 6) is 2.53. The van der Waals surface area contributed by atoms with E-state index in [4.69, 9.17) is 0 Å². The van der Waals surface area contributed by atoms with Crippen LogP contribution in [0.5, 0.6) is 0 Å². The number of hydrogen-bond acceptors (Lipinski definition) is 2. The van der Waals surface area contributed by atoms with Crippen molar-refractivity contribution >= 4 is 0 Å². The Morgan fingerprint density at radius 1 is 1.19 bits per heavy atom. The van der Waals surface area contributed by atoms with Crippen molar-refractivity contribution in [1.29, 1.82) is 0 Å². The van der Waals surface area contributed by atoms with Gasteiger partial charge in [-0.1, -0.05) is 63.3 Å². The number of aliphatic hydroxyl groups is 1. The van der Waals surface area contributed by atoms with Gasteiger partial charge in [0.05, 0.1) is 6.10 Å². The van der Waals surface area contributed by atoms with Gasteiger partial charge in [0.1, 0.15) is 0 Å². The van der Waals surface area contributed by atoms with Crippen molar-refractivity contribution in [1.82, 2.24) is 4.90 Å². The summed E-state index contributed by atoms with van der Waals surface area (Å²) in [7, 11) is 4.32. The average molecular weight is 376 g/mol. The maximum absolute atomic E-state index is 10.5. The fourth-order valence-corrected chi connectivity index (χ4v) is 5.08. The van der Waals surface area contributed by atoms with Gasteiger partial charge in [0.15, 0.2) is 0 Å². The van der Waals surface area contributed by atoms with Gasteiger partial charge in [-0.15, -0.1) is 0 Å². The summed E-state index contributed by atoms with van der Waals surface area (Å²) in [5, 5.41) is 10.5. The predicted molar refractivity (Wildman–Crippen MR) is 118 cm³/mol. The Balaban J connectivity index is 1.69. The summed E-state index contributed by atoms with van der Waals surface area (Å²) < 4.78 is 0. The number of unbranched alkanes of at least 4 members (excludes halogenated alkanes) is 3. The lowest BCUT2D eigenvalue weighted by Gasteiger charge is -2.18. The zero-order valence-electron chi connectivity index (χ0n) is 18.5. The Bertz CT molecular complexity index is 467. The van der Waals surface area contributed by atoms with Gasteiger partial charge in [0.25, 0.3) is 0 Å². The molecule has 0 radical (unpaired) electrons. The number of hydrogen-bond donors (Lipinski definition) is 1. The third-order valence-electron chi connectivity index (χ3n) is 6.79. The first-order valence-corrected chi connectivity index (χ1v) is 11.7. The minimum Gasteiger partial charge on any atom is -0.392 e. The minimum absolute atomic E-state index is 0.119. The highest BCUT2D eigenvalue weighted by atomic mass is 16.3. The first-order valence-electron chi connectivity index (χ1n) is 11.7. The summed E-state index contributed by atoms with van der Waals surface area (Å²) in [6, 6.07) is 0. The van der Waals surface area contributed by atoms with E-state index >= 15 is 0 Å². The van der Waals surface area contributed by atoms with E-state index in [1.807, 2.05) is 0 Å². The first-order chi connectivity index (χ1) is 13.0. The quantitative estimate of drug-likeness (QED) is 0.305. The third-order valence-corrected chi connectivity index (χ3v) is 6.79. The molecule has 0 bridgehead atoms. The van der Waals surface area contributed by atoms with Crippen molar-refractivity contribution in [2.24, 2.45) is 23.7 Å². The monoisotopic (exact) mass is 375 g/mol. The summed E-state index contributed by atoms with van der Waals surface area (Å²) in [4.78, 5) is 2.28. The molecular formula is C25H45NO. The Labute approximate surface area is 169 Å². The molecule has 1 saturated carbocycles. The summed E-state index contributed by atoms with van der Waals surface area (Å²) >= 11 is 0. The number of rotatable bonds is 13. The molecule has 0 aromatic carbocycles. The molecule has 27 heavy (non-hydrogen) atoms. The fraction of sp³-hybridized carbons (Fsp3) is 0.840. The molecule has 156 valence electrons. The van der Waals surface area contributed by atoms with Crippen LogP contribution in [-0.2, 0) is 0 Å². The number of fused-ring (bicyclic) bond motifs is 1. The average Bonchev–Trinajstić information content (AvgIpc) is 3.13. The van der Waals surface area contributed by atoms with Gasteiger partial charge in [0.2, 0.25) is 0 Å². The van der Waals surface area contributed by atoms with Crippen LogP contribution in [0.15, 0.2) is 23.8 Å². The van der Waals surface area contributed by atoms with Crippen molar-refractivity contribution in [3.63, 3.8) is 0 Å². The van der Waals surface area contributed by atoms with E-state index in [0.29, 0.717) is 17.8 Å². The summed E-state index contributed by atoms with van der Waals surface area (Å²) in [6.07, 6.45) is 21.1. The lowest BCUT2D eigenvalue weighted by molar-refractivity contribution is 0.141. The van der Waals surface area contributed by atoms with Crippen molar-refractivity contribution < 1.29 is 5.11 Å². The van der Waals surface area contributed by atoms with Crippen LogP contribution >= 0.6 is 0 Å². The van der Waals surface area contributed by atoms with E-state index < -0.39 is 0 Å². The maximum Gasteiger partial charge on any atom is 0.0611 e. The Morgan fingerprint density at radius 3 is 2.74 bits per heavy atom. The molecular weight excluding hydrogens is 330 g/mol. The molecule has 0 saturated heterocycles. The standard InChI is InChI=1S/C25H45NO/c1-5-6-12-20(2)13-9-10-15-23-24-18-21(17-22(24)19-25(23)27)14-8-7-11-16-26(3)4/h10,15,17,20,22-25,27H,5-9,11-14,16,18-19H2,1-4H3/t20?,22-,23+,24-,25+/m0/s1. The zero-order chi connectivity index (χ0) is 19.6. The molecule has 2 aliphatic rings. The van der Waals surface area contributed by atoms with Crippen LogP contribution in [0.1, 0.15) is 84.5 Å². The topological polar surface area (TPSA) is 23.5 Å². The van der Waals surface area contributed by atoms with E-state index in [9.17, 15) is 5.11 Å². The third kappa shape index (κ3) is 7.74. The molecule has 2 nitrogen and oxygen atoms in total. The lowest BCUT2D eigenvalue weighted by atomic mass is 9.88. The molecule has 1 N–H and O–H groups in total. The Kier molecular flexibility index (Phi) is 10.1. The lowest BCUT2D eigenvalue weighted by Crippen LogP contribution is -2.17. The Hall–Kier alpha value is -0.600. The molecule has 2 rings (SSSR count). The normalized spacial score (nSPS) is 28.9. The zero-order valence-corrected chi connectivity index (χ0v) is 18.5. The molecule has 0 aromatic rings. The molecule has 5 atom stereocenters. The predicted octanol–water partition coefficient (Wildman–Crippen LogP) is 6.21. The van der Waals surface area contributed by atoms with Crippen LogP contribution in [0, 0.1) is 23.7 Å². The van der Waals surface area contributed by atoms with Crippen molar-refractivity contribution in [2.45, 2.75) is 90.6 Å². The van der Waals surface area contributed by atoms with Crippen LogP contribution in [0.3, 0.4) is 0 Å². The Morgan fingerprint density at radius 2 is 2.00 bits per heavy atom. The van der Waals surface area contributed by atoms with Crippen molar-refractivity contribution in [3.05, 3.63) is 23.8 Å². The van der Waals surface area contributed by atoms with Gasteiger partial charge >= 0.3 is 0 Å². The van der Waals surface area contributed by atoms with Gasteiger partial charge in [0, 0.05) is 5.92 Å². The molecule has 2 aliphatic carbocycles. The van der Waals surface area contributed by atoms with Crippen LogP contribution in [0.25, 0.3) is 0 Å². The fourth-order valence-electron chi connectivity index (χ4n) is 5.08. The van der Waals surface area contributed by atoms with E-state index in [1.54, 1.807) is 5.57 Å². The van der Waals surface area contributed by atoms with Gasteiger partial charge in [-0.3, -0.25) is 0 Å². The van der Waals surface area contributed by atoms with Crippen LogP contribution in [-0.4, -0.2) is 36.8 Å². The van der Waals surface area contributed by atoms with Crippen molar-refractivity contribution in [2.75, 3.05) is 20.6 Å². The maximum atomic E-state index is 10.5. The van der Waals surface area contributed by atoms with E-state index in [1.165, 1.54) is 70.8 Å². The molecule has 0 aromatic heterocycles. The first kappa shape index (κ1) is 22.7. The molecule has 0 heterocycles. The molecule has 0 aliphatic heterocycles. The SMILES string of the molecule is CCCCC(C)CCC=C[C@@H]1[C@H]2CC(CCCCCN(C)C)=C[C@H]2C[C@H]1O. The highest BCUT2D eigenvalue weighted by molar-refractivity contribution is 5.20. The van der Waals surface area contributed by atoms with Gasteiger partial charge in [-0.25, -0.2) is 0 Å². The highest BCUT2D eigenvalue weighted by Crippen LogP contribution is 2.48. The van der Waals surface area contributed by atoms with E-state index in [0.717, 1.165) is 12.3 Å². The van der Waals surface area contributed by atoms with E-state index in [-0.39, 0.29) is 6.10 Å². The van der Waals surface area contributed by atoms with Crippen LogP contribution < -0.4 is 0 Å². The van der Waals surface area contributed by atoms with Gasteiger partial charge < -0.3 is 10.0 Å². The molecule has 2 heteroatoms. The largest absolute Gasteiger partial charge is 0.392 e. The number of aliphatic hydroxyl groups excluding tert-OH is 1. The number of nitrogens with zero attached hydrogens (tertiary/aromatic N) is 1. The molecule has 0 spiro atoms. The van der Waals surface area contributed by atoms with Crippen LogP contribution in [0.4, 0.5) is 0 Å². The second kappa shape index (κ2) is 12.1. The smallest absolute Gasteiger partial charge is 0.0611 e. The highest BCUT2D eigenvalue weighted by Gasteiger charge is 2.42. The van der Waals surface area contributed by atoms with Gasteiger partial charge in [-0.2, -0.15) is 0 Å². The molecule has 0 amide bonds. The molecule has 1 unspecified atom stereocenters. The summed E-state index contributed by atoms with van der Waals surface area (Å²) in [6.45, 7) is 5.87. The second-order valence-corrected chi connectivity index (χ2v) is 9.60. The molecule has 1 fully saturated rings. The van der Waals surface area contributed by atoms with E-state index in [2.05, 4.69) is 51.1 Å². The van der Waals surface area contributed by atoms with Crippen LogP contribution in [0.2, 0.25) is 0 Å². The number of allylic oxidation sites excluding steroid dienone is 3. The summed E-state index contributed by atoms with van der Waals surface area (Å²) in [5.41, 5.74) is 1.67. The van der Waals surface area contributed by atoms with Gasteiger partial charge in [-0.05, 0) is 83.3 Å². The second-order valence-electron chi connectivity index (χ2n) is 9.60. The minimum atomic E-state index is -0.119.